The van der Waals surface area contributed by atoms with E-state index in [0.29, 0.717) is 35.6 Å². The van der Waals surface area contributed by atoms with Gasteiger partial charge in [-0.25, -0.2) is 4.39 Å². The topological polar surface area (TPSA) is 71.3 Å². The SMILES string of the molecule is O=C(Nc1ccc(Br)cc1F)C1CCN(Cc2nc(-c3ccccc3)no2)CC1. The van der Waals surface area contributed by atoms with Crippen LogP contribution in [-0.4, -0.2) is 34.0 Å². The summed E-state index contributed by atoms with van der Waals surface area (Å²) in [4.78, 5) is 19.1. The second kappa shape index (κ2) is 8.84. The van der Waals surface area contributed by atoms with E-state index in [-0.39, 0.29) is 17.5 Å². The molecule has 0 radical (unpaired) electrons. The van der Waals surface area contributed by atoms with Gasteiger partial charge in [-0.1, -0.05) is 51.4 Å². The zero-order chi connectivity index (χ0) is 20.2. The number of aromatic nitrogens is 2. The number of nitrogens with zero attached hydrogens (tertiary/aromatic N) is 3. The summed E-state index contributed by atoms with van der Waals surface area (Å²) >= 11 is 3.21. The lowest BCUT2D eigenvalue weighted by Crippen LogP contribution is -2.37. The van der Waals surface area contributed by atoms with Crippen molar-refractivity contribution in [1.82, 2.24) is 15.0 Å². The number of hydrogen-bond donors (Lipinski definition) is 1. The summed E-state index contributed by atoms with van der Waals surface area (Å²) in [5.41, 5.74) is 1.12. The molecule has 1 fully saturated rings. The number of halogens is 2. The monoisotopic (exact) mass is 458 g/mol. The van der Waals surface area contributed by atoms with Crippen LogP contribution in [0.3, 0.4) is 0 Å². The van der Waals surface area contributed by atoms with E-state index in [1.807, 2.05) is 30.3 Å². The number of carbonyl (C=O) groups is 1. The predicted octanol–water partition coefficient (Wildman–Crippen LogP) is 4.49. The Morgan fingerprint density at radius 2 is 1.97 bits per heavy atom. The van der Waals surface area contributed by atoms with E-state index >= 15 is 0 Å². The maximum absolute atomic E-state index is 13.9. The van der Waals surface area contributed by atoms with Gasteiger partial charge in [-0.15, -0.1) is 0 Å². The second-order valence-corrected chi connectivity index (χ2v) is 7.96. The molecule has 6 nitrogen and oxygen atoms in total. The molecule has 1 aliphatic heterocycles. The molecule has 150 valence electrons. The zero-order valence-corrected chi connectivity index (χ0v) is 17.2. The first-order chi connectivity index (χ1) is 14.1. The van der Waals surface area contributed by atoms with Gasteiger partial charge in [0.2, 0.25) is 17.6 Å². The van der Waals surface area contributed by atoms with Gasteiger partial charge >= 0.3 is 0 Å². The Balaban J connectivity index is 1.29. The minimum atomic E-state index is -0.448. The van der Waals surface area contributed by atoms with Crippen LogP contribution < -0.4 is 5.32 Å². The maximum atomic E-state index is 13.9. The van der Waals surface area contributed by atoms with Crippen molar-refractivity contribution in [2.45, 2.75) is 19.4 Å². The fraction of sp³-hybridized carbons (Fsp3) is 0.286. The molecule has 8 heteroatoms. The zero-order valence-electron chi connectivity index (χ0n) is 15.6. The Bertz CT molecular complexity index is 987. The van der Waals surface area contributed by atoms with Crippen LogP contribution >= 0.6 is 15.9 Å². The molecule has 0 aliphatic carbocycles. The molecule has 0 unspecified atom stereocenters. The second-order valence-electron chi connectivity index (χ2n) is 7.04. The molecule has 4 rings (SSSR count). The highest BCUT2D eigenvalue weighted by Gasteiger charge is 2.26. The molecule has 29 heavy (non-hydrogen) atoms. The van der Waals surface area contributed by atoms with E-state index in [1.165, 1.54) is 6.07 Å². The molecule has 1 N–H and O–H groups in total. The first-order valence-corrected chi connectivity index (χ1v) is 10.2. The number of rotatable bonds is 5. The number of amides is 1. The Morgan fingerprint density at radius 3 is 2.69 bits per heavy atom. The molecule has 0 saturated carbocycles. The third-order valence-corrected chi connectivity index (χ3v) is 5.50. The number of hydrogen-bond acceptors (Lipinski definition) is 5. The van der Waals surface area contributed by atoms with Gasteiger partial charge in [0.05, 0.1) is 12.2 Å². The lowest BCUT2D eigenvalue weighted by atomic mass is 9.96. The average Bonchev–Trinajstić information content (AvgIpc) is 3.20. The lowest BCUT2D eigenvalue weighted by molar-refractivity contribution is -0.121. The number of piperidine rings is 1. The molecular formula is C21H20BrFN4O2. The summed E-state index contributed by atoms with van der Waals surface area (Å²) in [5, 5.41) is 6.74. The van der Waals surface area contributed by atoms with Crippen molar-refractivity contribution in [1.29, 1.82) is 0 Å². The molecule has 1 aromatic heterocycles. The van der Waals surface area contributed by atoms with Gasteiger partial charge in [-0.3, -0.25) is 9.69 Å². The van der Waals surface area contributed by atoms with E-state index < -0.39 is 5.82 Å². The Morgan fingerprint density at radius 1 is 1.21 bits per heavy atom. The van der Waals surface area contributed by atoms with E-state index in [0.717, 1.165) is 18.7 Å². The summed E-state index contributed by atoms with van der Waals surface area (Å²) < 4.78 is 19.9. The third kappa shape index (κ3) is 4.89. The van der Waals surface area contributed by atoms with Crippen molar-refractivity contribution in [3.05, 3.63) is 64.7 Å². The van der Waals surface area contributed by atoms with Crippen LogP contribution in [0.25, 0.3) is 11.4 Å². The molecule has 1 amide bonds. The van der Waals surface area contributed by atoms with Gasteiger partial charge in [-0.2, -0.15) is 4.98 Å². The van der Waals surface area contributed by atoms with Crippen LogP contribution in [0.1, 0.15) is 18.7 Å². The molecule has 3 aromatic rings. The fourth-order valence-corrected chi connectivity index (χ4v) is 3.73. The standard InChI is InChI=1S/C21H20BrFN4O2/c22-16-6-7-18(17(23)12-16)24-21(28)15-8-10-27(11-9-15)13-19-25-20(26-29-19)14-4-2-1-3-5-14/h1-7,12,15H,8-11,13H2,(H,24,28). The number of likely N-dealkylation sites (tertiary alicyclic amines) is 1. The predicted molar refractivity (Wildman–Crippen MR) is 110 cm³/mol. The Hall–Kier alpha value is -2.58. The minimum Gasteiger partial charge on any atom is -0.338 e. The van der Waals surface area contributed by atoms with E-state index in [1.54, 1.807) is 12.1 Å². The van der Waals surface area contributed by atoms with Gasteiger partial charge in [0.1, 0.15) is 5.82 Å². The van der Waals surface area contributed by atoms with Crippen LogP contribution in [0.2, 0.25) is 0 Å². The smallest absolute Gasteiger partial charge is 0.241 e. The number of benzene rings is 2. The molecule has 2 heterocycles. The molecule has 1 aliphatic rings. The van der Waals surface area contributed by atoms with Gasteiger partial charge in [0.15, 0.2) is 0 Å². The quantitative estimate of drug-likeness (QED) is 0.609. The van der Waals surface area contributed by atoms with Crippen molar-refractivity contribution in [3.8, 4) is 11.4 Å². The van der Waals surface area contributed by atoms with Crippen LogP contribution in [0, 0.1) is 11.7 Å². The molecule has 2 aromatic carbocycles. The maximum Gasteiger partial charge on any atom is 0.241 e. The van der Waals surface area contributed by atoms with Crippen LogP contribution in [0.4, 0.5) is 10.1 Å². The molecule has 0 bridgehead atoms. The normalized spacial score (nSPS) is 15.4. The van der Waals surface area contributed by atoms with Crippen molar-refractivity contribution in [3.63, 3.8) is 0 Å². The van der Waals surface area contributed by atoms with Crippen LogP contribution in [0.15, 0.2) is 57.5 Å². The van der Waals surface area contributed by atoms with Crippen LogP contribution in [0.5, 0.6) is 0 Å². The first kappa shape index (κ1) is 19.7. The Kier molecular flexibility index (Phi) is 6.01. The average molecular weight is 459 g/mol. The largest absolute Gasteiger partial charge is 0.338 e. The summed E-state index contributed by atoms with van der Waals surface area (Å²) in [6.07, 6.45) is 1.40. The first-order valence-electron chi connectivity index (χ1n) is 9.45. The number of nitrogens with one attached hydrogen (secondary N) is 1. The third-order valence-electron chi connectivity index (χ3n) is 5.01. The lowest BCUT2D eigenvalue weighted by Gasteiger charge is -2.30. The molecular weight excluding hydrogens is 439 g/mol. The number of carbonyl (C=O) groups excluding carboxylic acids is 1. The van der Waals surface area contributed by atoms with Crippen LogP contribution in [-0.2, 0) is 11.3 Å². The summed E-state index contributed by atoms with van der Waals surface area (Å²) in [6.45, 7) is 2.03. The summed E-state index contributed by atoms with van der Waals surface area (Å²) in [7, 11) is 0. The van der Waals surface area contributed by atoms with E-state index in [9.17, 15) is 9.18 Å². The highest BCUT2D eigenvalue weighted by molar-refractivity contribution is 9.10. The van der Waals surface area contributed by atoms with Crippen molar-refractivity contribution >= 4 is 27.5 Å². The highest BCUT2D eigenvalue weighted by atomic mass is 79.9. The van der Waals surface area contributed by atoms with E-state index in [2.05, 4.69) is 36.3 Å². The molecule has 0 atom stereocenters. The summed E-state index contributed by atoms with van der Waals surface area (Å²) in [5.74, 6) is 0.401. The van der Waals surface area contributed by atoms with Crippen molar-refractivity contribution in [2.24, 2.45) is 5.92 Å². The highest BCUT2D eigenvalue weighted by Crippen LogP contribution is 2.24. The Labute approximate surface area is 176 Å². The van der Waals surface area contributed by atoms with Crippen molar-refractivity contribution in [2.75, 3.05) is 18.4 Å². The molecule has 1 saturated heterocycles. The van der Waals surface area contributed by atoms with E-state index in [4.69, 9.17) is 4.52 Å². The van der Waals surface area contributed by atoms with Gasteiger partial charge in [-0.05, 0) is 44.1 Å². The van der Waals surface area contributed by atoms with Gasteiger partial charge in [0, 0.05) is 16.0 Å². The summed E-state index contributed by atoms with van der Waals surface area (Å²) in [6, 6.07) is 14.3. The number of anilines is 1. The fourth-order valence-electron chi connectivity index (χ4n) is 3.39. The van der Waals surface area contributed by atoms with Crippen molar-refractivity contribution < 1.29 is 13.7 Å². The van der Waals surface area contributed by atoms with Gasteiger partial charge < -0.3 is 9.84 Å². The minimum absolute atomic E-state index is 0.142. The molecule has 0 spiro atoms. The van der Waals surface area contributed by atoms with Gasteiger partial charge in [0.25, 0.3) is 0 Å².